The van der Waals surface area contributed by atoms with E-state index in [1.807, 2.05) is 13.8 Å². The summed E-state index contributed by atoms with van der Waals surface area (Å²) in [6.45, 7) is 3.86. The molecule has 1 aliphatic rings. The number of ether oxygens (including phenoxy) is 1. The zero-order valence-corrected chi connectivity index (χ0v) is 16.7. The molecule has 0 radical (unpaired) electrons. The molecule has 2 heterocycles. The zero-order chi connectivity index (χ0) is 19.7. The van der Waals surface area contributed by atoms with Crippen molar-refractivity contribution in [1.29, 1.82) is 0 Å². The van der Waals surface area contributed by atoms with Gasteiger partial charge in [0.15, 0.2) is 0 Å². The average Bonchev–Trinajstić information content (AvgIpc) is 2.61. The number of hydrogen-bond acceptors (Lipinski definition) is 6. The van der Waals surface area contributed by atoms with E-state index in [9.17, 15) is 13.2 Å². The second-order valence-electron chi connectivity index (χ2n) is 6.60. The SMILES string of the molecule is CC1(C)SCCN(S(=O)(=O)c2ccccc2Oc2ccncc2)C1C(N)=O. The molecule has 9 heteroatoms. The van der Waals surface area contributed by atoms with Crippen LogP contribution in [0.2, 0.25) is 0 Å². The third-order valence-corrected chi connectivity index (χ3v) is 7.57. The van der Waals surface area contributed by atoms with E-state index in [1.165, 1.54) is 22.1 Å². The van der Waals surface area contributed by atoms with Gasteiger partial charge in [0, 0.05) is 29.4 Å². The fraction of sp³-hybridized carbons (Fsp3) is 0.333. The van der Waals surface area contributed by atoms with Crippen molar-refractivity contribution < 1.29 is 17.9 Å². The van der Waals surface area contributed by atoms with E-state index in [0.717, 1.165) is 0 Å². The Morgan fingerprint density at radius 2 is 1.93 bits per heavy atom. The van der Waals surface area contributed by atoms with E-state index >= 15 is 0 Å². The number of pyridine rings is 1. The number of benzene rings is 1. The molecule has 3 rings (SSSR count). The van der Waals surface area contributed by atoms with Gasteiger partial charge in [-0.05, 0) is 38.1 Å². The van der Waals surface area contributed by atoms with Gasteiger partial charge < -0.3 is 10.5 Å². The van der Waals surface area contributed by atoms with Crippen molar-refractivity contribution in [3.63, 3.8) is 0 Å². The molecule has 1 unspecified atom stereocenters. The Bertz CT molecular complexity index is 933. The lowest BCUT2D eigenvalue weighted by molar-refractivity contribution is -0.122. The van der Waals surface area contributed by atoms with Gasteiger partial charge in [0.25, 0.3) is 0 Å². The van der Waals surface area contributed by atoms with Gasteiger partial charge in [0.2, 0.25) is 15.9 Å². The van der Waals surface area contributed by atoms with E-state index in [-0.39, 0.29) is 17.2 Å². The molecule has 1 aliphatic heterocycles. The highest BCUT2D eigenvalue weighted by atomic mass is 32.2. The summed E-state index contributed by atoms with van der Waals surface area (Å²) in [4.78, 5) is 16.0. The molecule has 144 valence electrons. The van der Waals surface area contributed by atoms with E-state index in [1.54, 1.807) is 42.7 Å². The summed E-state index contributed by atoms with van der Waals surface area (Å²) in [6.07, 6.45) is 3.11. The Morgan fingerprint density at radius 3 is 2.59 bits per heavy atom. The van der Waals surface area contributed by atoms with Gasteiger partial charge in [-0.3, -0.25) is 9.78 Å². The van der Waals surface area contributed by atoms with Crippen LogP contribution < -0.4 is 10.5 Å². The number of nitrogens with two attached hydrogens (primary N) is 1. The monoisotopic (exact) mass is 407 g/mol. The summed E-state index contributed by atoms with van der Waals surface area (Å²) in [5.74, 6) is 0.559. The van der Waals surface area contributed by atoms with Crippen LogP contribution in [0.4, 0.5) is 0 Å². The van der Waals surface area contributed by atoms with Crippen LogP contribution in [-0.2, 0) is 14.8 Å². The second-order valence-corrected chi connectivity index (χ2v) is 10.2. The topological polar surface area (TPSA) is 103 Å². The van der Waals surface area contributed by atoms with Crippen LogP contribution in [0.5, 0.6) is 11.5 Å². The minimum atomic E-state index is -4.00. The number of para-hydroxylation sites is 1. The predicted molar refractivity (Wildman–Crippen MR) is 104 cm³/mol. The van der Waals surface area contributed by atoms with Crippen molar-refractivity contribution in [3.05, 3.63) is 48.8 Å². The maximum atomic E-state index is 13.4. The van der Waals surface area contributed by atoms with Crippen LogP contribution in [0.1, 0.15) is 13.8 Å². The Labute approximate surface area is 163 Å². The summed E-state index contributed by atoms with van der Waals surface area (Å²) < 4.78 is 33.2. The summed E-state index contributed by atoms with van der Waals surface area (Å²) in [5.41, 5.74) is 5.57. The molecule has 0 spiro atoms. The van der Waals surface area contributed by atoms with Gasteiger partial charge in [-0.25, -0.2) is 8.42 Å². The maximum Gasteiger partial charge on any atom is 0.247 e. The second kappa shape index (κ2) is 7.49. The molecule has 0 saturated carbocycles. The molecule has 1 aromatic carbocycles. The molecule has 1 atom stereocenters. The lowest BCUT2D eigenvalue weighted by Gasteiger charge is -2.43. The van der Waals surface area contributed by atoms with Crippen LogP contribution in [0.15, 0.2) is 53.7 Å². The minimum absolute atomic E-state index is 0.00392. The maximum absolute atomic E-state index is 13.4. The van der Waals surface area contributed by atoms with E-state index in [4.69, 9.17) is 10.5 Å². The zero-order valence-electron chi connectivity index (χ0n) is 15.0. The molecule has 2 aromatic rings. The molecule has 27 heavy (non-hydrogen) atoms. The van der Waals surface area contributed by atoms with Crippen molar-refractivity contribution in [2.75, 3.05) is 12.3 Å². The molecule has 0 bridgehead atoms. The van der Waals surface area contributed by atoms with Crippen molar-refractivity contribution in [2.45, 2.75) is 29.5 Å². The molecule has 1 aromatic heterocycles. The first-order valence-corrected chi connectivity index (χ1v) is 10.8. The number of carbonyl (C=O) groups is 1. The van der Waals surface area contributed by atoms with E-state index in [0.29, 0.717) is 11.5 Å². The van der Waals surface area contributed by atoms with Crippen molar-refractivity contribution >= 4 is 27.7 Å². The van der Waals surface area contributed by atoms with E-state index < -0.39 is 26.7 Å². The lowest BCUT2D eigenvalue weighted by atomic mass is 10.0. The van der Waals surface area contributed by atoms with Crippen molar-refractivity contribution in [2.24, 2.45) is 5.73 Å². The summed E-state index contributed by atoms with van der Waals surface area (Å²) in [6, 6.07) is 8.68. The largest absolute Gasteiger partial charge is 0.456 e. The van der Waals surface area contributed by atoms with Gasteiger partial charge in [-0.15, -0.1) is 0 Å². The van der Waals surface area contributed by atoms with Gasteiger partial charge >= 0.3 is 0 Å². The van der Waals surface area contributed by atoms with Crippen LogP contribution in [0.3, 0.4) is 0 Å². The molecule has 7 nitrogen and oxygen atoms in total. The lowest BCUT2D eigenvalue weighted by Crippen LogP contribution is -2.60. The Balaban J connectivity index is 2.03. The highest BCUT2D eigenvalue weighted by molar-refractivity contribution is 8.01. The molecular weight excluding hydrogens is 386 g/mol. The number of aromatic nitrogens is 1. The Morgan fingerprint density at radius 1 is 1.26 bits per heavy atom. The smallest absolute Gasteiger partial charge is 0.247 e. The van der Waals surface area contributed by atoms with Gasteiger partial charge in [-0.2, -0.15) is 16.1 Å². The number of rotatable bonds is 5. The fourth-order valence-electron chi connectivity index (χ4n) is 3.10. The predicted octanol–water partition coefficient (Wildman–Crippen LogP) is 2.24. The van der Waals surface area contributed by atoms with Crippen molar-refractivity contribution in [3.8, 4) is 11.5 Å². The average molecular weight is 408 g/mol. The van der Waals surface area contributed by atoms with Crippen LogP contribution in [-0.4, -0.2) is 46.7 Å². The number of nitrogens with zero attached hydrogens (tertiary/aromatic N) is 2. The minimum Gasteiger partial charge on any atom is -0.456 e. The van der Waals surface area contributed by atoms with Crippen LogP contribution >= 0.6 is 11.8 Å². The molecule has 1 saturated heterocycles. The normalized spacial score (nSPS) is 20.1. The number of amides is 1. The van der Waals surface area contributed by atoms with Gasteiger partial charge in [0.1, 0.15) is 22.4 Å². The molecular formula is C18H21N3O4S2. The molecule has 0 aliphatic carbocycles. The first kappa shape index (κ1) is 19.7. The number of hydrogen-bond donors (Lipinski definition) is 1. The Hall–Kier alpha value is -2.10. The first-order chi connectivity index (χ1) is 12.7. The number of thioether (sulfide) groups is 1. The highest BCUT2D eigenvalue weighted by Gasteiger charge is 2.47. The van der Waals surface area contributed by atoms with Gasteiger partial charge in [-0.1, -0.05) is 12.1 Å². The molecule has 1 fully saturated rings. The standard InChI is InChI=1S/C18H21N3O4S2/c1-18(2)16(17(19)22)21(11-12-26-18)27(23,24)15-6-4-3-5-14(15)25-13-7-9-20-10-8-13/h3-10,16H,11-12H2,1-2H3,(H2,19,22). The third-order valence-electron chi connectivity index (χ3n) is 4.32. The fourth-order valence-corrected chi connectivity index (χ4v) is 6.35. The number of sulfonamides is 1. The van der Waals surface area contributed by atoms with Gasteiger partial charge in [0.05, 0.1) is 0 Å². The molecule has 1 amide bonds. The van der Waals surface area contributed by atoms with Crippen molar-refractivity contribution in [1.82, 2.24) is 9.29 Å². The van der Waals surface area contributed by atoms with Crippen LogP contribution in [0, 0.1) is 0 Å². The third kappa shape index (κ3) is 3.95. The number of primary amides is 1. The van der Waals surface area contributed by atoms with Crippen LogP contribution in [0.25, 0.3) is 0 Å². The van der Waals surface area contributed by atoms with E-state index in [2.05, 4.69) is 4.98 Å². The summed E-state index contributed by atoms with van der Waals surface area (Å²) >= 11 is 1.53. The Kier molecular flexibility index (Phi) is 5.45. The number of carbonyl (C=O) groups excluding carboxylic acids is 1. The first-order valence-electron chi connectivity index (χ1n) is 8.35. The highest BCUT2D eigenvalue weighted by Crippen LogP contribution is 2.40. The quantitative estimate of drug-likeness (QED) is 0.815. The molecule has 2 N–H and O–H groups in total. The summed E-state index contributed by atoms with van der Waals surface area (Å²) in [7, 11) is -4.00. The summed E-state index contributed by atoms with van der Waals surface area (Å²) in [5, 5.41) is 0.